The summed E-state index contributed by atoms with van der Waals surface area (Å²) in [6.45, 7) is 2.27. The highest BCUT2D eigenvalue weighted by Crippen LogP contribution is 2.34. The fourth-order valence-electron chi connectivity index (χ4n) is 2.84. The molecule has 0 aliphatic carbocycles. The van der Waals surface area contributed by atoms with Gasteiger partial charge in [-0.15, -0.1) is 0 Å². The Labute approximate surface area is 175 Å². The highest BCUT2D eigenvalue weighted by Gasteiger charge is 2.35. The predicted molar refractivity (Wildman–Crippen MR) is 115 cm³/mol. The lowest BCUT2D eigenvalue weighted by Gasteiger charge is -2.12. The molecule has 28 heavy (non-hydrogen) atoms. The molecule has 140 valence electrons. The zero-order valence-electron chi connectivity index (χ0n) is 15.0. The predicted octanol–water partition coefficient (Wildman–Crippen LogP) is 6.25. The number of rotatable bonds is 4. The highest BCUT2D eigenvalue weighted by atomic mass is 79.9. The first-order valence-electron chi connectivity index (χ1n) is 8.66. The molecule has 3 aromatic rings. The molecular formula is C22H16BrNO3S. The molecule has 0 N–H and O–H groups in total. The van der Waals surface area contributed by atoms with Gasteiger partial charge < -0.3 is 4.42 Å². The van der Waals surface area contributed by atoms with Crippen molar-refractivity contribution in [3.8, 4) is 11.3 Å². The summed E-state index contributed by atoms with van der Waals surface area (Å²) in [6, 6.07) is 19.2. The average Bonchev–Trinajstić information content (AvgIpc) is 3.24. The smallest absolute Gasteiger partial charge is 0.293 e. The molecular weight excluding hydrogens is 438 g/mol. The second-order valence-electron chi connectivity index (χ2n) is 6.46. The van der Waals surface area contributed by atoms with E-state index >= 15 is 0 Å². The maximum Gasteiger partial charge on any atom is 0.293 e. The SMILES string of the molecule is Cc1ccc(CN2C(=O)S/C(=C/c3ccc(-c4ccc(Br)cc4)o3)C2=O)cc1. The number of imide groups is 1. The van der Waals surface area contributed by atoms with Crippen molar-refractivity contribution < 1.29 is 14.0 Å². The molecule has 2 aromatic carbocycles. The van der Waals surface area contributed by atoms with Crippen molar-refractivity contribution in [2.24, 2.45) is 0 Å². The van der Waals surface area contributed by atoms with E-state index in [1.54, 1.807) is 12.1 Å². The fraction of sp³-hybridized carbons (Fsp3) is 0.0909. The van der Waals surface area contributed by atoms with Gasteiger partial charge in [-0.2, -0.15) is 0 Å². The van der Waals surface area contributed by atoms with Crippen molar-refractivity contribution in [1.82, 2.24) is 4.90 Å². The van der Waals surface area contributed by atoms with Crippen LogP contribution in [0.5, 0.6) is 0 Å². The van der Waals surface area contributed by atoms with Gasteiger partial charge in [0.25, 0.3) is 11.1 Å². The van der Waals surface area contributed by atoms with Crippen molar-refractivity contribution >= 4 is 44.9 Å². The first kappa shape index (κ1) is 18.8. The molecule has 0 unspecified atom stereocenters. The quantitative estimate of drug-likeness (QED) is 0.437. The van der Waals surface area contributed by atoms with Crippen LogP contribution < -0.4 is 0 Å². The normalized spacial score (nSPS) is 15.6. The van der Waals surface area contributed by atoms with Crippen LogP contribution in [0.4, 0.5) is 4.79 Å². The molecule has 0 bridgehead atoms. The fourth-order valence-corrected chi connectivity index (χ4v) is 3.92. The van der Waals surface area contributed by atoms with Crippen LogP contribution in [0.2, 0.25) is 0 Å². The van der Waals surface area contributed by atoms with Crippen molar-refractivity contribution in [1.29, 1.82) is 0 Å². The van der Waals surface area contributed by atoms with E-state index in [9.17, 15) is 9.59 Å². The number of halogens is 1. The number of amides is 2. The minimum atomic E-state index is -0.294. The average molecular weight is 454 g/mol. The standard InChI is InChI=1S/C22H16BrNO3S/c1-14-2-4-15(5-3-14)13-24-21(25)20(28-22(24)26)12-18-10-11-19(27-18)16-6-8-17(23)9-7-16/h2-12H,13H2,1H3/b20-12+. The zero-order valence-corrected chi connectivity index (χ0v) is 17.4. The van der Waals surface area contributed by atoms with Crippen molar-refractivity contribution in [3.05, 3.63) is 86.9 Å². The molecule has 4 nitrogen and oxygen atoms in total. The topological polar surface area (TPSA) is 50.5 Å². The largest absolute Gasteiger partial charge is 0.457 e. The third-order valence-corrected chi connectivity index (χ3v) is 5.80. The highest BCUT2D eigenvalue weighted by molar-refractivity contribution is 9.10. The number of carbonyl (C=O) groups is 2. The van der Waals surface area contributed by atoms with E-state index in [2.05, 4.69) is 15.9 Å². The van der Waals surface area contributed by atoms with E-state index < -0.39 is 0 Å². The number of hydrogen-bond donors (Lipinski definition) is 0. The van der Waals surface area contributed by atoms with Crippen LogP contribution in [-0.2, 0) is 11.3 Å². The van der Waals surface area contributed by atoms with Crippen molar-refractivity contribution in [2.75, 3.05) is 0 Å². The van der Waals surface area contributed by atoms with E-state index in [0.717, 1.165) is 32.9 Å². The molecule has 1 saturated heterocycles. The third kappa shape index (κ3) is 3.98. The Kier molecular flexibility index (Phi) is 5.24. The molecule has 0 atom stereocenters. The van der Waals surface area contributed by atoms with Gasteiger partial charge in [0.15, 0.2) is 0 Å². The molecule has 2 amide bonds. The molecule has 1 aliphatic heterocycles. The van der Waals surface area contributed by atoms with Crippen LogP contribution in [0.25, 0.3) is 17.4 Å². The summed E-state index contributed by atoms with van der Waals surface area (Å²) in [5.74, 6) is 0.952. The van der Waals surface area contributed by atoms with Gasteiger partial charge in [-0.3, -0.25) is 14.5 Å². The molecule has 2 heterocycles. The second-order valence-corrected chi connectivity index (χ2v) is 8.37. The van der Waals surface area contributed by atoms with Gasteiger partial charge in [-0.1, -0.05) is 57.9 Å². The molecule has 1 aliphatic rings. The number of hydrogen-bond acceptors (Lipinski definition) is 4. The third-order valence-electron chi connectivity index (χ3n) is 4.36. The Bertz CT molecular complexity index is 1070. The van der Waals surface area contributed by atoms with E-state index in [1.165, 1.54) is 4.90 Å². The van der Waals surface area contributed by atoms with Gasteiger partial charge in [0.1, 0.15) is 11.5 Å². The molecule has 1 fully saturated rings. The van der Waals surface area contributed by atoms with Gasteiger partial charge in [0.2, 0.25) is 0 Å². The second kappa shape index (κ2) is 7.81. The lowest BCUT2D eigenvalue weighted by Crippen LogP contribution is -2.27. The summed E-state index contributed by atoms with van der Waals surface area (Å²) in [5, 5.41) is -0.267. The van der Waals surface area contributed by atoms with E-state index in [-0.39, 0.29) is 17.7 Å². The number of benzene rings is 2. The van der Waals surface area contributed by atoms with Gasteiger partial charge >= 0.3 is 0 Å². The summed E-state index contributed by atoms with van der Waals surface area (Å²) in [5.41, 5.74) is 3.00. The molecule has 1 aromatic heterocycles. The summed E-state index contributed by atoms with van der Waals surface area (Å²) in [6.07, 6.45) is 1.63. The molecule has 0 saturated carbocycles. The van der Waals surface area contributed by atoms with Crippen LogP contribution in [0.3, 0.4) is 0 Å². The lowest BCUT2D eigenvalue weighted by atomic mass is 10.1. The van der Waals surface area contributed by atoms with E-state index in [0.29, 0.717) is 16.4 Å². The monoisotopic (exact) mass is 453 g/mol. The summed E-state index contributed by atoms with van der Waals surface area (Å²) in [4.78, 5) is 26.6. The van der Waals surface area contributed by atoms with Crippen LogP contribution in [0, 0.1) is 6.92 Å². The number of furan rings is 1. The van der Waals surface area contributed by atoms with Gasteiger partial charge in [-0.05, 0) is 48.5 Å². The summed E-state index contributed by atoms with van der Waals surface area (Å²) < 4.78 is 6.83. The van der Waals surface area contributed by atoms with Crippen LogP contribution >= 0.6 is 27.7 Å². The Hall–Kier alpha value is -2.57. The maximum absolute atomic E-state index is 12.7. The van der Waals surface area contributed by atoms with Gasteiger partial charge in [0.05, 0.1) is 11.4 Å². The van der Waals surface area contributed by atoms with Crippen molar-refractivity contribution in [2.45, 2.75) is 13.5 Å². The number of thioether (sulfide) groups is 1. The number of nitrogens with zero attached hydrogens (tertiary/aromatic N) is 1. The Morgan fingerprint density at radius 2 is 1.71 bits per heavy atom. The Balaban J connectivity index is 1.52. The van der Waals surface area contributed by atoms with E-state index in [1.807, 2.05) is 61.5 Å². The maximum atomic E-state index is 12.7. The molecule has 4 rings (SSSR count). The number of aryl methyl sites for hydroxylation is 1. The summed E-state index contributed by atoms with van der Waals surface area (Å²) in [7, 11) is 0. The van der Waals surface area contributed by atoms with Crippen LogP contribution in [0.15, 0.2) is 74.5 Å². The molecule has 0 radical (unpaired) electrons. The minimum Gasteiger partial charge on any atom is -0.457 e. The van der Waals surface area contributed by atoms with E-state index in [4.69, 9.17) is 4.42 Å². The minimum absolute atomic E-state index is 0.267. The van der Waals surface area contributed by atoms with Crippen molar-refractivity contribution in [3.63, 3.8) is 0 Å². The van der Waals surface area contributed by atoms with Gasteiger partial charge in [-0.25, -0.2) is 0 Å². The zero-order chi connectivity index (χ0) is 19.7. The Morgan fingerprint density at radius 3 is 2.43 bits per heavy atom. The number of carbonyl (C=O) groups excluding carboxylic acids is 2. The van der Waals surface area contributed by atoms with Crippen LogP contribution in [-0.4, -0.2) is 16.0 Å². The first-order valence-corrected chi connectivity index (χ1v) is 10.3. The summed E-state index contributed by atoms with van der Waals surface area (Å²) >= 11 is 4.35. The first-order chi connectivity index (χ1) is 13.5. The molecule has 0 spiro atoms. The lowest BCUT2D eigenvalue weighted by molar-refractivity contribution is -0.123. The van der Waals surface area contributed by atoms with Crippen LogP contribution in [0.1, 0.15) is 16.9 Å². The molecule has 6 heteroatoms. The van der Waals surface area contributed by atoms with Gasteiger partial charge in [0, 0.05) is 16.1 Å². The Morgan fingerprint density at radius 1 is 1.00 bits per heavy atom.